The van der Waals surface area contributed by atoms with Gasteiger partial charge in [0.05, 0.1) is 31.0 Å². The molecule has 4 heterocycles. The Morgan fingerprint density at radius 3 is 2.48 bits per heavy atom. The van der Waals surface area contributed by atoms with Crippen molar-refractivity contribution in [3.05, 3.63) is 64.8 Å². The van der Waals surface area contributed by atoms with Gasteiger partial charge in [0.25, 0.3) is 0 Å². The molecule has 11 heteroatoms. The normalized spacial score (nSPS) is 19.2. The summed E-state index contributed by atoms with van der Waals surface area (Å²) in [5, 5.41) is 19.5. The topological polar surface area (TPSA) is 65.8 Å². The van der Waals surface area contributed by atoms with Crippen LogP contribution in [0.4, 0.5) is 13.2 Å². The van der Waals surface area contributed by atoms with Crippen LogP contribution in [0.25, 0.3) is 11.3 Å². The number of fused-ring (bicyclic) bond motifs is 1. The number of methoxy groups -OCH3 is 1. The quantitative estimate of drug-likeness (QED) is 0.244. The van der Waals surface area contributed by atoms with Gasteiger partial charge in [-0.15, -0.1) is 11.8 Å². The molecule has 3 aliphatic rings. The molecular formula is C35H46F3N5O2S. The number of nitrogens with zero attached hydrogens (tertiary/aromatic N) is 4. The predicted octanol–water partition coefficient (Wildman–Crippen LogP) is 6.04. The molecule has 3 aliphatic heterocycles. The van der Waals surface area contributed by atoms with Gasteiger partial charge in [0.1, 0.15) is 5.75 Å². The van der Waals surface area contributed by atoms with Gasteiger partial charge in [0.2, 0.25) is 0 Å². The van der Waals surface area contributed by atoms with E-state index in [1.54, 1.807) is 19.2 Å². The van der Waals surface area contributed by atoms with Crippen molar-refractivity contribution in [1.29, 1.82) is 0 Å². The Balaban J connectivity index is 1.13. The lowest BCUT2D eigenvalue weighted by Gasteiger charge is -2.33. The number of thioether (sulfide) groups is 1. The number of aliphatic hydroxyl groups is 1. The second-order valence-electron chi connectivity index (χ2n) is 12.8. The first-order valence-corrected chi connectivity index (χ1v) is 17.7. The van der Waals surface area contributed by atoms with Crippen LogP contribution in [0.3, 0.4) is 0 Å². The Labute approximate surface area is 274 Å². The summed E-state index contributed by atoms with van der Waals surface area (Å²) in [5.41, 5.74) is 4.23. The van der Waals surface area contributed by atoms with Gasteiger partial charge in [-0.2, -0.15) is 18.3 Å². The van der Waals surface area contributed by atoms with E-state index in [9.17, 15) is 18.3 Å². The molecule has 0 amide bonds. The van der Waals surface area contributed by atoms with Crippen molar-refractivity contribution in [3.8, 4) is 17.0 Å². The summed E-state index contributed by atoms with van der Waals surface area (Å²) in [6.07, 6.45) is 1.38. The highest BCUT2D eigenvalue weighted by Crippen LogP contribution is 2.40. The van der Waals surface area contributed by atoms with Crippen molar-refractivity contribution in [2.45, 2.75) is 74.7 Å². The standard InChI is InChI=1S/C35H46F3N5O2S/c1-45-29-8-5-25(6-9-29)26-12-17-42(18-13-26)23-28(44)24-43-32-11-14-39-22-30(32)34(40-43)27-7-10-31(35(36,37)38)33(21-27)46-20-19-41-15-3-2-4-16-41/h5-10,21,26,28,39,44H,2-4,11-20,22-24H2,1H3. The third-order valence-corrected chi connectivity index (χ3v) is 10.7. The summed E-state index contributed by atoms with van der Waals surface area (Å²) in [5.74, 6) is 1.98. The Morgan fingerprint density at radius 1 is 1.00 bits per heavy atom. The number of benzene rings is 2. The summed E-state index contributed by atoms with van der Waals surface area (Å²) >= 11 is 1.29. The van der Waals surface area contributed by atoms with E-state index in [1.165, 1.54) is 29.8 Å². The van der Waals surface area contributed by atoms with Crippen LogP contribution in [0.15, 0.2) is 47.4 Å². The zero-order valence-electron chi connectivity index (χ0n) is 26.7. The Kier molecular flexibility index (Phi) is 10.9. The number of aliphatic hydroxyl groups excluding tert-OH is 1. The number of nitrogens with one attached hydrogen (secondary N) is 1. The molecule has 1 atom stereocenters. The number of aromatic nitrogens is 2. The van der Waals surface area contributed by atoms with Gasteiger partial charge in [-0.3, -0.25) is 4.68 Å². The first kappa shape index (κ1) is 33.3. The summed E-state index contributed by atoms with van der Waals surface area (Å²) in [6, 6.07) is 12.8. The van der Waals surface area contributed by atoms with Crippen LogP contribution in [-0.2, 0) is 25.7 Å². The molecule has 0 radical (unpaired) electrons. The van der Waals surface area contributed by atoms with Gasteiger partial charge >= 0.3 is 6.18 Å². The zero-order chi connectivity index (χ0) is 32.1. The Morgan fingerprint density at radius 2 is 1.76 bits per heavy atom. The van der Waals surface area contributed by atoms with E-state index in [4.69, 9.17) is 9.84 Å². The van der Waals surface area contributed by atoms with E-state index in [0.29, 0.717) is 42.6 Å². The number of piperidine rings is 2. The molecular weight excluding hydrogens is 611 g/mol. The molecule has 0 bridgehead atoms. The van der Waals surface area contributed by atoms with Crippen molar-refractivity contribution in [2.75, 3.05) is 58.7 Å². The number of hydrogen-bond donors (Lipinski definition) is 2. The van der Waals surface area contributed by atoms with Crippen LogP contribution in [0.2, 0.25) is 0 Å². The fourth-order valence-corrected chi connectivity index (χ4v) is 8.29. The predicted molar refractivity (Wildman–Crippen MR) is 177 cm³/mol. The summed E-state index contributed by atoms with van der Waals surface area (Å²) < 4.78 is 49.3. The molecule has 1 unspecified atom stereocenters. The molecule has 3 aromatic rings. The molecule has 2 saturated heterocycles. The highest BCUT2D eigenvalue weighted by atomic mass is 32.2. The number of hydrogen-bond acceptors (Lipinski definition) is 7. The molecule has 46 heavy (non-hydrogen) atoms. The first-order valence-electron chi connectivity index (χ1n) is 16.7. The van der Waals surface area contributed by atoms with E-state index < -0.39 is 17.8 Å². The second kappa shape index (κ2) is 15.1. The molecule has 2 fully saturated rings. The van der Waals surface area contributed by atoms with E-state index in [-0.39, 0.29) is 4.90 Å². The summed E-state index contributed by atoms with van der Waals surface area (Å²) in [7, 11) is 1.68. The van der Waals surface area contributed by atoms with Crippen LogP contribution < -0.4 is 10.1 Å². The third kappa shape index (κ3) is 8.10. The fraction of sp³-hybridized carbons (Fsp3) is 0.571. The molecule has 0 saturated carbocycles. The highest BCUT2D eigenvalue weighted by molar-refractivity contribution is 7.99. The van der Waals surface area contributed by atoms with Crippen molar-refractivity contribution in [3.63, 3.8) is 0 Å². The lowest BCUT2D eigenvalue weighted by Crippen LogP contribution is -2.40. The summed E-state index contributed by atoms with van der Waals surface area (Å²) in [4.78, 5) is 4.94. The highest BCUT2D eigenvalue weighted by Gasteiger charge is 2.34. The number of likely N-dealkylation sites (tertiary alicyclic amines) is 2. The van der Waals surface area contributed by atoms with Gasteiger partial charge in [0.15, 0.2) is 0 Å². The van der Waals surface area contributed by atoms with Crippen LogP contribution in [0, 0.1) is 0 Å². The molecule has 0 aliphatic carbocycles. The molecule has 0 spiro atoms. The van der Waals surface area contributed by atoms with Crippen molar-refractivity contribution in [1.82, 2.24) is 24.9 Å². The minimum absolute atomic E-state index is 0.257. The van der Waals surface area contributed by atoms with E-state index in [1.807, 2.05) is 16.8 Å². The molecule has 6 rings (SSSR count). The average molecular weight is 658 g/mol. The zero-order valence-corrected chi connectivity index (χ0v) is 27.5. The smallest absolute Gasteiger partial charge is 0.417 e. The van der Waals surface area contributed by atoms with Crippen molar-refractivity contribution >= 4 is 11.8 Å². The van der Waals surface area contributed by atoms with E-state index in [2.05, 4.69) is 27.2 Å². The molecule has 2 aromatic carbocycles. The number of β-amino-alcohol motifs (C(OH)–C–C–N with tert-alkyl or cyclic N) is 1. The Bertz CT molecular complexity index is 1430. The van der Waals surface area contributed by atoms with Crippen LogP contribution in [-0.4, -0.2) is 89.5 Å². The fourth-order valence-electron chi connectivity index (χ4n) is 7.17. The van der Waals surface area contributed by atoms with Crippen LogP contribution in [0.1, 0.15) is 60.4 Å². The van der Waals surface area contributed by atoms with Gasteiger partial charge in [0, 0.05) is 60.1 Å². The number of rotatable bonds is 11. The minimum Gasteiger partial charge on any atom is -0.497 e. The van der Waals surface area contributed by atoms with Gasteiger partial charge in [-0.1, -0.05) is 24.6 Å². The van der Waals surface area contributed by atoms with Gasteiger partial charge < -0.3 is 25.0 Å². The maximum atomic E-state index is 14.0. The van der Waals surface area contributed by atoms with E-state index in [0.717, 1.165) is 88.4 Å². The number of ether oxygens (including phenoxy) is 1. The van der Waals surface area contributed by atoms with Crippen LogP contribution in [0.5, 0.6) is 5.75 Å². The monoisotopic (exact) mass is 657 g/mol. The lowest BCUT2D eigenvalue weighted by atomic mass is 9.89. The van der Waals surface area contributed by atoms with Crippen LogP contribution >= 0.6 is 11.8 Å². The van der Waals surface area contributed by atoms with E-state index >= 15 is 0 Å². The largest absolute Gasteiger partial charge is 0.497 e. The number of halogens is 3. The maximum absolute atomic E-state index is 14.0. The van der Waals surface area contributed by atoms with Gasteiger partial charge in [-0.25, -0.2) is 0 Å². The second-order valence-corrected chi connectivity index (χ2v) is 14.0. The molecule has 2 N–H and O–H groups in total. The maximum Gasteiger partial charge on any atom is 0.417 e. The lowest BCUT2D eigenvalue weighted by molar-refractivity contribution is -0.139. The molecule has 1 aromatic heterocycles. The van der Waals surface area contributed by atoms with Crippen molar-refractivity contribution < 1.29 is 23.0 Å². The average Bonchev–Trinajstić information content (AvgIpc) is 3.43. The Hall–Kier alpha value is -2.57. The molecule has 250 valence electrons. The minimum atomic E-state index is -4.42. The third-order valence-electron chi connectivity index (χ3n) is 9.71. The molecule has 7 nitrogen and oxygen atoms in total. The first-order chi connectivity index (χ1) is 22.3. The van der Waals surface area contributed by atoms with Gasteiger partial charge in [-0.05, 0) is 87.6 Å². The summed E-state index contributed by atoms with van der Waals surface area (Å²) in [6.45, 7) is 7.02. The number of alkyl halides is 3. The van der Waals surface area contributed by atoms with Crippen molar-refractivity contribution in [2.24, 2.45) is 0 Å². The SMILES string of the molecule is COc1ccc(C2CCN(CC(O)Cn3nc(-c4ccc(C(F)(F)F)c(SCCN5CCCCC5)c4)c4c3CCNC4)CC2)cc1.